The molecule has 0 aromatic carbocycles. The summed E-state index contributed by atoms with van der Waals surface area (Å²) in [6.07, 6.45) is 0.701. The lowest BCUT2D eigenvalue weighted by atomic mass is 10.2. The second-order valence-electron chi connectivity index (χ2n) is 2.57. The van der Waals surface area contributed by atoms with Gasteiger partial charge in [0.05, 0.1) is 0 Å². The van der Waals surface area contributed by atoms with Gasteiger partial charge in [-0.05, 0) is 27.4 Å². The van der Waals surface area contributed by atoms with Crippen molar-refractivity contribution in [2.24, 2.45) is 0 Å². The van der Waals surface area contributed by atoms with Crippen LogP contribution in [-0.2, 0) is 16.0 Å². The van der Waals surface area contributed by atoms with Gasteiger partial charge in [0.2, 0.25) is 6.41 Å². The maximum Gasteiger partial charge on any atom is 0.326 e. The molecule has 1 unspecified atom stereocenters. The fourth-order valence-electron chi connectivity index (χ4n) is 0.956. The maximum absolute atomic E-state index is 10.7. The van der Waals surface area contributed by atoms with Crippen molar-refractivity contribution in [1.29, 1.82) is 0 Å². The lowest BCUT2D eigenvalue weighted by molar-refractivity contribution is -0.140. The number of carboxylic acids is 1. The summed E-state index contributed by atoms with van der Waals surface area (Å²) in [6.45, 7) is 0. The third-order valence-corrected chi connectivity index (χ3v) is 3.60. The van der Waals surface area contributed by atoms with E-state index >= 15 is 0 Å². The second-order valence-corrected chi connectivity index (χ2v) is 4.43. The van der Waals surface area contributed by atoms with Gasteiger partial charge in [-0.3, -0.25) is 4.79 Å². The van der Waals surface area contributed by atoms with Crippen molar-refractivity contribution in [1.82, 2.24) is 5.32 Å². The van der Waals surface area contributed by atoms with E-state index in [9.17, 15) is 9.59 Å². The van der Waals surface area contributed by atoms with Crippen LogP contribution >= 0.6 is 27.3 Å². The van der Waals surface area contributed by atoms with Crippen LogP contribution in [0.4, 0.5) is 0 Å². The van der Waals surface area contributed by atoms with E-state index in [1.165, 1.54) is 11.3 Å². The number of thiophene rings is 1. The first-order valence-corrected chi connectivity index (χ1v) is 5.46. The summed E-state index contributed by atoms with van der Waals surface area (Å²) in [4.78, 5) is 21.8. The Morgan fingerprint density at radius 3 is 2.93 bits per heavy atom. The van der Waals surface area contributed by atoms with Gasteiger partial charge in [-0.25, -0.2) is 4.79 Å². The highest BCUT2D eigenvalue weighted by atomic mass is 79.9. The van der Waals surface area contributed by atoms with Crippen LogP contribution in [0, 0.1) is 0 Å². The van der Waals surface area contributed by atoms with E-state index in [4.69, 9.17) is 5.11 Å². The topological polar surface area (TPSA) is 66.4 Å². The number of rotatable bonds is 5. The van der Waals surface area contributed by atoms with Gasteiger partial charge in [-0.15, -0.1) is 11.3 Å². The molecule has 0 aliphatic carbocycles. The summed E-state index contributed by atoms with van der Waals surface area (Å²) in [7, 11) is 0. The van der Waals surface area contributed by atoms with E-state index in [1.807, 2.05) is 11.4 Å². The standard InChI is InChI=1S/C8H8BrNO3S/c9-5-1-2-14-7(5)3-6(8(12)13)10-4-11/h1-2,4,6H,3H2,(H,10,11)(H,12,13). The molecule has 1 atom stereocenters. The number of halogens is 1. The minimum atomic E-state index is -1.03. The number of hydrogen-bond donors (Lipinski definition) is 2. The van der Waals surface area contributed by atoms with Crippen LogP contribution < -0.4 is 5.32 Å². The number of amides is 1. The molecule has 1 aromatic rings. The Bertz CT molecular complexity index is 339. The van der Waals surface area contributed by atoms with Crippen molar-refractivity contribution in [3.05, 3.63) is 20.8 Å². The summed E-state index contributed by atoms with van der Waals surface area (Å²) >= 11 is 4.75. The molecular formula is C8H8BrNO3S. The van der Waals surface area contributed by atoms with Crippen molar-refractivity contribution >= 4 is 39.6 Å². The molecule has 0 radical (unpaired) electrons. The van der Waals surface area contributed by atoms with Crippen LogP contribution in [0.25, 0.3) is 0 Å². The van der Waals surface area contributed by atoms with Crippen LogP contribution in [-0.4, -0.2) is 23.5 Å². The Balaban J connectivity index is 2.69. The Hall–Kier alpha value is -0.880. The molecule has 0 saturated heterocycles. The highest BCUT2D eigenvalue weighted by molar-refractivity contribution is 9.10. The van der Waals surface area contributed by atoms with Crippen LogP contribution in [0.3, 0.4) is 0 Å². The van der Waals surface area contributed by atoms with Gasteiger partial charge in [0, 0.05) is 15.8 Å². The monoisotopic (exact) mass is 277 g/mol. The minimum absolute atomic E-state index is 0.298. The molecule has 0 aliphatic heterocycles. The van der Waals surface area contributed by atoms with Crippen LogP contribution in [0.15, 0.2) is 15.9 Å². The number of aliphatic carboxylic acids is 1. The molecule has 0 saturated carbocycles. The Kier molecular flexibility index (Phi) is 4.09. The van der Waals surface area contributed by atoms with Crippen molar-refractivity contribution in [2.45, 2.75) is 12.5 Å². The number of nitrogens with one attached hydrogen (secondary N) is 1. The van der Waals surface area contributed by atoms with E-state index in [0.717, 1.165) is 9.35 Å². The summed E-state index contributed by atoms with van der Waals surface area (Å²) < 4.78 is 0.876. The van der Waals surface area contributed by atoms with Crippen molar-refractivity contribution in [2.75, 3.05) is 0 Å². The van der Waals surface area contributed by atoms with Gasteiger partial charge in [0.25, 0.3) is 0 Å². The fourth-order valence-corrected chi connectivity index (χ4v) is 2.52. The molecule has 0 fully saturated rings. The number of carboxylic acid groups (broad SMARTS) is 1. The minimum Gasteiger partial charge on any atom is -0.480 e. The van der Waals surface area contributed by atoms with Crippen molar-refractivity contribution in [3.8, 4) is 0 Å². The Morgan fingerprint density at radius 1 is 1.79 bits per heavy atom. The highest BCUT2D eigenvalue weighted by Crippen LogP contribution is 2.23. The molecule has 0 bridgehead atoms. The molecule has 1 rings (SSSR count). The molecule has 6 heteroatoms. The molecule has 1 heterocycles. The third-order valence-electron chi connectivity index (χ3n) is 1.65. The van der Waals surface area contributed by atoms with Crippen LogP contribution in [0.1, 0.15) is 4.88 Å². The lowest BCUT2D eigenvalue weighted by Crippen LogP contribution is -2.37. The third kappa shape index (κ3) is 2.81. The predicted molar refractivity (Wildman–Crippen MR) is 56.3 cm³/mol. The highest BCUT2D eigenvalue weighted by Gasteiger charge is 2.18. The maximum atomic E-state index is 10.7. The fraction of sp³-hybridized carbons (Fsp3) is 0.250. The molecule has 1 aromatic heterocycles. The summed E-state index contributed by atoms with van der Waals surface area (Å²) in [5.74, 6) is -1.03. The average molecular weight is 278 g/mol. The van der Waals surface area contributed by atoms with E-state index in [2.05, 4.69) is 21.2 Å². The van der Waals surface area contributed by atoms with E-state index in [1.54, 1.807) is 0 Å². The Labute approximate surface area is 93.1 Å². The van der Waals surface area contributed by atoms with Crippen molar-refractivity contribution in [3.63, 3.8) is 0 Å². The van der Waals surface area contributed by atoms with Crippen LogP contribution in [0.5, 0.6) is 0 Å². The number of carbonyl (C=O) groups is 2. The van der Waals surface area contributed by atoms with Crippen molar-refractivity contribution < 1.29 is 14.7 Å². The number of hydrogen-bond acceptors (Lipinski definition) is 3. The van der Waals surface area contributed by atoms with E-state index in [0.29, 0.717) is 12.8 Å². The predicted octanol–water partition coefficient (Wildman–Crippen LogP) is 1.25. The molecule has 0 spiro atoms. The normalized spacial score (nSPS) is 12.1. The van der Waals surface area contributed by atoms with Gasteiger partial charge < -0.3 is 10.4 Å². The van der Waals surface area contributed by atoms with Gasteiger partial charge in [0.15, 0.2) is 0 Å². The SMILES string of the molecule is O=CNC(Cc1sccc1Br)C(=O)O. The molecule has 4 nitrogen and oxygen atoms in total. The number of carbonyl (C=O) groups excluding carboxylic acids is 1. The Morgan fingerprint density at radius 2 is 2.50 bits per heavy atom. The quantitative estimate of drug-likeness (QED) is 0.797. The van der Waals surface area contributed by atoms with Gasteiger partial charge in [-0.1, -0.05) is 0 Å². The van der Waals surface area contributed by atoms with Crippen LogP contribution in [0.2, 0.25) is 0 Å². The second kappa shape index (κ2) is 5.11. The van der Waals surface area contributed by atoms with Gasteiger partial charge in [-0.2, -0.15) is 0 Å². The molecule has 76 valence electrons. The molecule has 1 amide bonds. The largest absolute Gasteiger partial charge is 0.480 e. The molecule has 14 heavy (non-hydrogen) atoms. The molecule has 2 N–H and O–H groups in total. The zero-order valence-corrected chi connectivity index (χ0v) is 9.47. The summed E-state index contributed by atoms with van der Waals surface area (Å²) in [6, 6.07) is 0.988. The first-order valence-electron chi connectivity index (χ1n) is 3.79. The van der Waals surface area contributed by atoms with Gasteiger partial charge in [0.1, 0.15) is 6.04 Å². The molecule has 0 aliphatic rings. The molecular weight excluding hydrogens is 270 g/mol. The average Bonchev–Trinajstić information content (AvgIpc) is 2.51. The first-order chi connectivity index (χ1) is 6.65. The summed E-state index contributed by atoms with van der Waals surface area (Å²) in [5, 5.41) is 12.9. The smallest absolute Gasteiger partial charge is 0.326 e. The zero-order chi connectivity index (χ0) is 10.6. The zero-order valence-electron chi connectivity index (χ0n) is 7.07. The summed E-state index contributed by atoms with van der Waals surface area (Å²) in [5.41, 5.74) is 0. The van der Waals surface area contributed by atoms with E-state index < -0.39 is 12.0 Å². The first kappa shape index (κ1) is 11.2. The lowest BCUT2D eigenvalue weighted by Gasteiger charge is -2.09. The van der Waals surface area contributed by atoms with Gasteiger partial charge >= 0.3 is 5.97 Å². The van der Waals surface area contributed by atoms with E-state index in [-0.39, 0.29) is 0 Å².